The summed E-state index contributed by atoms with van der Waals surface area (Å²) in [7, 11) is 5.96. The van der Waals surface area contributed by atoms with Gasteiger partial charge in [-0.25, -0.2) is 0 Å². The summed E-state index contributed by atoms with van der Waals surface area (Å²) in [5.41, 5.74) is 0. The molecule has 2 unspecified atom stereocenters. The average Bonchev–Trinajstić information content (AvgIpc) is 3.73. The van der Waals surface area contributed by atoms with Crippen molar-refractivity contribution in [3.8, 4) is 0 Å². The lowest BCUT2D eigenvalue weighted by atomic mass is 10.0. The highest BCUT2D eigenvalue weighted by Gasteiger charge is 2.22. The van der Waals surface area contributed by atoms with E-state index in [4.69, 9.17) is 18.9 Å². The van der Waals surface area contributed by atoms with Crippen molar-refractivity contribution in [1.82, 2.24) is 0 Å². The number of esters is 2. The predicted octanol–water partition coefficient (Wildman–Crippen LogP) is 24.2. The molecule has 9 nitrogen and oxygen atoms in total. The van der Waals surface area contributed by atoms with Crippen LogP contribution in [0.1, 0.15) is 431 Å². The van der Waals surface area contributed by atoms with E-state index in [1.807, 2.05) is 21.1 Å². The highest BCUT2D eigenvalue weighted by atomic mass is 16.7. The third-order valence-corrected chi connectivity index (χ3v) is 18.8. The van der Waals surface area contributed by atoms with E-state index in [1.54, 1.807) is 0 Å². The van der Waals surface area contributed by atoms with Crippen molar-refractivity contribution in [2.45, 2.75) is 444 Å². The summed E-state index contributed by atoms with van der Waals surface area (Å²) in [6.07, 6.45) is 87.8. The fourth-order valence-electron chi connectivity index (χ4n) is 12.6. The first-order valence-electron chi connectivity index (χ1n) is 40.3. The van der Waals surface area contributed by atoms with Crippen LogP contribution < -0.4 is 5.11 Å². The molecule has 0 amide bonds. The lowest BCUT2D eigenvalue weighted by Gasteiger charge is -2.26. The summed E-state index contributed by atoms with van der Waals surface area (Å²) in [4.78, 5) is 37.6. The van der Waals surface area contributed by atoms with Crippen LogP contribution in [0.3, 0.4) is 0 Å². The van der Waals surface area contributed by atoms with Crippen molar-refractivity contribution in [2.75, 3.05) is 47.5 Å². The number of quaternary nitrogens is 1. The Morgan fingerprint density at radius 1 is 0.322 bits per heavy atom. The van der Waals surface area contributed by atoms with Crippen molar-refractivity contribution in [1.29, 1.82) is 0 Å². The largest absolute Gasteiger partial charge is 0.545 e. The summed E-state index contributed by atoms with van der Waals surface area (Å²) in [5, 5.41) is 11.9. The molecule has 0 rings (SSSR count). The summed E-state index contributed by atoms with van der Waals surface area (Å²) in [5.74, 6) is -2.24. The van der Waals surface area contributed by atoms with Crippen LogP contribution in [0.25, 0.3) is 0 Å². The van der Waals surface area contributed by atoms with Gasteiger partial charge in [-0.3, -0.25) is 9.59 Å². The van der Waals surface area contributed by atoms with Gasteiger partial charge >= 0.3 is 11.9 Å². The Labute approximate surface area is 561 Å². The number of nitrogens with zero attached hydrogens (tertiary/aromatic N) is 1. The second-order valence-corrected chi connectivity index (χ2v) is 29.1. The van der Waals surface area contributed by atoms with Crippen LogP contribution in [0.2, 0.25) is 0 Å². The number of unbranched alkanes of at least 4 members (excludes halogenated alkanes) is 60. The molecule has 0 aliphatic heterocycles. The van der Waals surface area contributed by atoms with Gasteiger partial charge in [-0.05, 0) is 38.5 Å². The minimum atomic E-state index is -1.62. The smallest absolute Gasteiger partial charge is 0.306 e. The van der Waals surface area contributed by atoms with Gasteiger partial charge in [0.25, 0.3) is 0 Å². The third-order valence-electron chi connectivity index (χ3n) is 18.8. The van der Waals surface area contributed by atoms with Gasteiger partial charge in [0.1, 0.15) is 13.2 Å². The van der Waals surface area contributed by atoms with E-state index in [-0.39, 0.29) is 32.2 Å². The molecular weight excluding hydrogens is 1110 g/mol. The topological polar surface area (TPSA) is 111 Å². The molecule has 534 valence electrons. The molecule has 0 aliphatic rings. The lowest BCUT2D eigenvalue weighted by molar-refractivity contribution is -0.870. The highest BCUT2D eigenvalue weighted by Crippen LogP contribution is 2.20. The van der Waals surface area contributed by atoms with Crippen LogP contribution >= 0.6 is 0 Å². The molecule has 0 radical (unpaired) electrons. The van der Waals surface area contributed by atoms with Gasteiger partial charge in [0.2, 0.25) is 0 Å². The summed E-state index contributed by atoms with van der Waals surface area (Å²) < 4.78 is 22.9. The van der Waals surface area contributed by atoms with Gasteiger partial charge in [0.15, 0.2) is 12.4 Å². The Morgan fingerprint density at radius 2 is 0.567 bits per heavy atom. The van der Waals surface area contributed by atoms with Gasteiger partial charge in [0.05, 0.1) is 40.3 Å². The zero-order valence-corrected chi connectivity index (χ0v) is 61.3. The maximum Gasteiger partial charge on any atom is 0.306 e. The highest BCUT2D eigenvalue weighted by molar-refractivity contribution is 5.70. The zero-order chi connectivity index (χ0) is 65.4. The van der Waals surface area contributed by atoms with Crippen LogP contribution in [-0.4, -0.2) is 82.3 Å². The molecule has 90 heavy (non-hydrogen) atoms. The van der Waals surface area contributed by atoms with E-state index in [9.17, 15) is 19.5 Å². The quantitative estimate of drug-likeness (QED) is 0.0195. The minimum absolute atomic E-state index is 0.153. The SMILES string of the molecule is CCCCCCCCCC/C=C\CCCCCCCCCCCCCCCCCCCCCCCCCC(=O)OC(COC(=O)CCCCCCCCCCCCCCCCCCCCCCCCCCCCCCCC)COC(OCC[N+](C)(C)C)C(=O)[O-]. The number of aliphatic carboxylic acids is 1. The van der Waals surface area contributed by atoms with E-state index in [1.165, 1.54) is 366 Å². The first-order valence-corrected chi connectivity index (χ1v) is 40.3. The average molecular weight is 1270 g/mol. The minimum Gasteiger partial charge on any atom is -0.545 e. The number of carbonyl (C=O) groups is 3. The molecule has 9 heteroatoms. The number of rotatable bonds is 77. The Kier molecular flexibility index (Phi) is 71.3. The summed E-state index contributed by atoms with van der Waals surface area (Å²) in [6.45, 7) is 4.85. The van der Waals surface area contributed by atoms with Crippen molar-refractivity contribution < 1.29 is 42.9 Å². The third kappa shape index (κ3) is 73.4. The molecule has 0 saturated carbocycles. The van der Waals surface area contributed by atoms with E-state index in [0.29, 0.717) is 17.4 Å². The standard InChI is InChI=1S/C81H157NO8/c1-6-8-10-12-14-16-18-20-22-24-26-28-30-32-34-36-38-39-40-41-42-44-46-48-50-52-54-56-58-60-62-64-66-68-70-72-79(84)90-77(76-89-81(80(85)86)87-74-73-82(3,4)5)75-88-78(83)71-69-67-65-63-61-59-57-55-53-51-49-47-45-43-37-35-33-31-29-27-25-23-21-19-17-15-13-11-9-7-2/h24,26,77,81H,6-23,25,27-76H2,1-5H3/b26-24-. The molecule has 0 spiro atoms. The number of carbonyl (C=O) groups excluding carboxylic acids is 3. The second kappa shape index (κ2) is 72.9. The molecule has 0 aromatic heterocycles. The van der Waals surface area contributed by atoms with Crippen LogP contribution in [0.4, 0.5) is 0 Å². The maximum absolute atomic E-state index is 13.0. The molecule has 0 aromatic rings. The lowest BCUT2D eigenvalue weighted by Crippen LogP contribution is -2.44. The fraction of sp³-hybridized carbons (Fsp3) is 0.938. The molecule has 0 fully saturated rings. The molecule has 0 aromatic carbocycles. The van der Waals surface area contributed by atoms with Gasteiger partial charge in [-0.15, -0.1) is 0 Å². The first kappa shape index (κ1) is 88.0. The number of hydrogen-bond donors (Lipinski definition) is 0. The number of likely N-dealkylation sites (N-methyl/N-ethyl adjacent to an activating group) is 1. The van der Waals surface area contributed by atoms with Crippen molar-refractivity contribution in [2.24, 2.45) is 0 Å². The van der Waals surface area contributed by atoms with Gasteiger partial charge < -0.3 is 33.3 Å². The van der Waals surface area contributed by atoms with Gasteiger partial charge in [0, 0.05) is 12.8 Å². The van der Waals surface area contributed by atoms with Gasteiger partial charge in [-0.1, -0.05) is 392 Å². The number of hydrogen-bond acceptors (Lipinski definition) is 8. The zero-order valence-electron chi connectivity index (χ0n) is 61.3. The van der Waals surface area contributed by atoms with Crippen LogP contribution in [-0.2, 0) is 33.3 Å². The molecule has 2 atom stereocenters. The molecule has 0 aliphatic carbocycles. The van der Waals surface area contributed by atoms with Crippen molar-refractivity contribution in [3.63, 3.8) is 0 Å². The fourth-order valence-corrected chi connectivity index (χ4v) is 12.6. The summed E-state index contributed by atoms with van der Waals surface area (Å²) >= 11 is 0. The van der Waals surface area contributed by atoms with E-state index >= 15 is 0 Å². The summed E-state index contributed by atoms with van der Waals surface area (Å²) in [6, 6.07) is 0. The molecule has 0 saturated heterocycles. The van der Waals surface area contributed by atoms with Crippen LogP contribution in [0.5, 0.6) is 0 Å². The van der Waals surface area contributed by atoms with E-state index < -0.39 is 24.3 Å². The van der Waals surface area contributed by atoms with Crippen molar-refractivity contribution in [3.05, 3.63) is 12.2 Å². The monoisotopic (exact) mass is 1270 g/mol. The Hall–Kier alpha value is -1.97. The van der Waals surface area contributed by atoms with Crippen molar-refractivity contribution >= 4 is 17.9 Å². The Balaban J connectivity index is 3.95. The normalized spacial score (nSPS) is 12.6. The number of ether oxygens (including phenoxy) is 4. The Morgan fingerprint density at radius 3 is 0.822 bits per heavy atom. The second-order valence-electron chi connectivity index (χ2n) is 29.1. The Bertz CT molecular complexity index is 1480. The molecule has 0 heterocycles. The predicted molar refractivity (Wildman–Crippen MR) is 385 cm³/mol. The first-order chi connectivity index (χ1) is 44.1. The van der Waals surface area contributed by atoms with Gasteiger partial charge in [-0.2, -0.15) is 0 Å². The van der Waals surface area contributed by atoms with E-state index in [0.717, 1.165) is 38.5 Å². The van der Waals surface area contributed by atoms with Crippen LogP contribution in [0, 0.1) is 0 Å². The molecule has 0 bridgehead atoms. The maximum atomic E-state index is 13.0. The number of carboxylic acids is 1. The molecular formula is C81H157NO8. The van der Waals surface area contributed by atoms with Crippen LogP contribution in [0.15, 0.2) is 12.2 Å². The number of allylic oxidation sites excluding steroid dienone is 2. The number of carboxylic acid groups (broad SMARTS) is 1. The molecule has 0 N–H and O–H groups in total. The van der Waals surface area contributed by atoms with E-state index in [2.05, 4.69) is 26.0 Å².